The first-order valence-corrected chi connectivity index (χ1v) is 9.35. The zero-order valence-electron chi connectivity index (χ0n) is 15.2. The number of carbonyl (C=O) groups is 2. The lowest BCUT2D eigenvalue weighted by Crippen LogP contribution is -2.58. The van der Waals surface area contributed by atoms with E-state index in [2.05, 4.69) is 15.5 Å². The minimum absolute atomic E-state index is 0.0783. The Morgan fingerprint density at radius 2 is 1.85 bits per heavy atom. The molecule has 1 aromatic rings. The fourth-order valence-corrected chi connectivity index (χ4v) is 4.07. The molecule has 3 rings (SSSR count). The van der Waals surface area contributed by atoms with E-state index >= 15 is 0 Å². The quantitative estimate of drug-likeness (QED) is 0.864. The first kappa shape index (κ1) is 18.6. The van der Waals surface area contributed by atoms with E-state index in [1.54, 1.807) is 24.1 Å². The normalized spacial score (nSPS) is 20.0. The monoisotopic (exact) mass is 362 g/mol. The number of benzene rings is 1. The number of carbonyl (C=O) groups excluding carboxylic acids is 2. The number of nitrogens with one attached hydrogen (secondary N) is 2. The topological polar surface area (TPSA) is 64.7 Å². The number of halogens is 1. The number of likely N-dealkylation sites (N-methyl/N-ethyl adjacent to an activating group) is 1. The van der Waals surface area contributed by atoms with Gasteiger partial charge in [0.05, 0.1) is 6.04 Å². The highest BCUT2D eigenvalue weighted by Crippen LogP contribution is 2.31. The molecule has 1 atom stereocenters. The minimum Gasteiger partial charge on any atom is -0.358 e. The summed E-state index contributed by atoms with van der Waals surface area (Å²) in [5.74, 6) is 0.106. The van der Waals surface area contributed by atoms with Crippen molar-refractivity contribution in [1.82, 2.24) is 15.1 Å². The molecule has 1 aliphatic carbocycles. The fourth-order valence-electron chi connectivity index (χ4n) is 4.07. The molecule has 142 valence electrons. The fraction of sp³-hybridized carbons (Fsp3) is 0.579. The van der Waals surface area contributed by atoms with Crippen LogP contribution in [0.25, 0.3) is 0 Å². The van der Waals surface area contributed by atoms with Crippen molar-refractivity contribution < 1.29 is 14.0 Å². The lowest BCUT2D eigenvalue weighted by Gasteiger charge is -2.40. The van der Waals surface area contributed by atoms with E-state index < -0.39 is 0 Å². The molecule has 1 aliphatic heterocycles. The van der Waals surface area contributed by atoms with Gasteiger partial charge in [0.25, 0.3) is 0 Å². The molecule has 0 radical (unpaired) electrons. The highest BCUT2D eigenvalue weighted by atomic mass is 19.1. The van der Waals surface area contributed by atoms with Crippen LogP contribution in [0.3, 0.4) is 0 Å². The van der Waals surface area contributed by atoms with Crippen LogP contribution < -0.4 is 10.6 Å². The van der Waals surface area contributed by atoms with Crippen molar-refractivity contribution >= 4 is 17.6 Å². The Morgan fingerprint density at radius 3 is 2.46 bits per heavy atom. The van der Waals surface area contributed by atoms with Gasteiger partial charge in [0.15, 0.2) is 0 Å². The van der Waals surface area contributed by atoms with Gasteiger partial charge in [-0.15, -0.1) is 0 Å². The van der Waals surface area contributed by atoms with E-state index in [4.69, 9.17) is 0 Å². The van der Waals surface area contributed by atoms with Gasteiger partial charge in [0, 0.05) is 38.9 Å². The van der Waals surface area contributed by atoms with Gasteiger partial charge in [-0.3, -0.25) is 9.69 Å². The third kappa shape index (κ3) is 4.33. The van der Waals surface area contributed by atoms with Crippen molar-refractivity contribution in [3.63, 3.8) is 0 Å². The van der Waals surface area contributed by atoms with Gasteiger partial charge >= 0.3 is 6.03 Å². The summed E-state index contributed by atoms with van der Waals surface area (Å²) in [6.45, 7) is 2.46. The van der Waals surface area contributed by atoms with Crippen LogP contribution in [-0.2, 0) is 4.79 Å². The highest BCUT2D eigenvalue weighted by molar-refractivity contribution is 5.89. The van der Waals surface area contributed by atoms with E-state index in [1.165, 1.54) is 25.0 Å². The highest BCUT2D eigenvalue weighted by Gasteiger charge is 2.36. The number of hydrogen-bond donors (Lipinski definition) is 2. The Labute approximate surface area is 153 Å². The Balaban J connectivity index is 1.57. The number of hydrogen-bond acceptors (Lipinski definition) is 3. The lowest BCUT2D eigenvalue weighted by molar-refractivity contribution is -0.128. The third-order valence-electron chi connectivity index (χ3n) is 5.43. The molecule has 3 amide bonds. The second-order valence-corrected chi connectivity index (χ2v) is 7.07. The molecule has 0 aromatic heterocycles. The molecule has 2 N–H and O–H groups in total. The van der Waals surface area contributed by atoms with Gasteiger partial charge in [-0.05, 0) is 37.0 Å². The largest absolute Gasteiger partial charge is 0.358 e. The van der Waals surface area contributed by atoms with Crippen LogP contribution >= 0.6 is 0 Å². The van der Waals surface area contributed by atoms with Gasteiger partial charge in [-0.25, -0.2) is 9.18 Å². The molecule has 6 nitrogen and oxygen atoms in total. The van der Waals surface area contributed by atoms with Gasteiger partial charge in [0.2, 0.25) is 5.91 Å². The molecule has 1 saturated carbocycles. The van der Waals surface area contributed by atoms with E-state index in [9.17, 15) is 14.0 Å². The molecule has 0 bridgehead atoms. The molecule has 0 spiro atoms. The number of piperazine rings is 1. The predicted molar refractivity (Wildman–Crippen MR) is 98.4 cm³/mol. The summed E-state index contributed by atoms with van der Waals surface area (Å²) < 4.78 is 13.2. The summed E-state index contributed by atoms with van der Waals surface area (Å²) in [5, 5.41) is 5.54. The van der Waals surface area contributed by atoms with E-state index in [0.717, 1.165) is 12.8 Å². The second-order valence-electron chi connectivity index (χ2n) is 7.07. The zero-order valence-corrected chi connectivity index (χ0v) is 15.2. The molecule has 26 heavy (non-hydrogen) atoms. The van der Waals surface area contributed by atoms with Crippen LogP contribution in [0.15, 0.2) is 24.3 Å². The van der Waals surface area contributed by atoms with Crippen molar-refractivity contribution in [3.8, 4) is 0 Å². The SMILES string of the molecule is CNC(=O)[C@H](C1CCCC1)N1CCN(C(=O)Nc2cccc(F)c2)CC1. The van der Waals surface area contributed by atoms with E-state index in [0.29, 0.717) is 37.8 Å². The van der Waals surface area contributed by atoms with Crippen molar-refractivity contribution in [2.75, 3.05) is 38.5 Å². The second kappa shape index (κ2) is 8.49. The molecule has 0 unspecified atom stereocenters. The number of urea groups is 1. The molecular weight excluding hydrogens is 335 g/mol. The van der Waals surface area contributed by atoms with Crippen molar-refractivity contribution in [1.29, 1.82) is 0 Å². The maximum atomic E-state index is 13.2. The molecule has 2 fully saturated rings. The maximum Gasteiger partial charge on any atom is 0.321 e. The molecule has 1 aromatic carbocycles. The van der Waals surface area contributed by atoms with Crippen LogP contribution in [0, 0.1) is 11.7 Å². The van der Waals surface area contributed by atoms with E-state index in [1.807, 2.05) is 0 Å². The average molecular weight is 362 g/mol. The summed E-state index contributed by atoms with van der Waals surface area (Å²) >= 11 is 0. The molecule has 1 heterocycles. The number of anilines is 1. The summed E-state index contributed by atoms with van der Waals surface area (Å²) in [6, 6.07) is 5.55. The van der Waals surface area contributed by atoms with E-state index in [-0.39, 0.29) is 23.8 Å². The van der Waals surface area contributed by atoms with Crippen molar-refractivity contribution in [2.45, 2.75) is 31.7 Å². The van der Waals surface area contributed by atoms with Crippen molar-refractivity contribution in [2.24, 2.45) is 5.92 Å². The third-order valence-corrected chi connectivity index (χ3v) is 5.43. The molecular formula is C19H27FN4O2. The predicted octanol–water partition coefficient (Wildman–Crippen LogP) is 2.28. The van der Waals surface area contributed by atoms with Gasteiger partial charge in [-0.1, -0.05) is 18.9 Å². The van der Waals surface area contributed by atoms with Gasteiger partial charge in [0.1, 0.15) is 5.82 Å². The van der Waals surface area contributed by atoms with Gasteiger partial charge < -0.3 is 15.5 Å². The Bertz CT molecular complexity index is 640. The summed E-state index contributed by atoms with van der Waals surface area (Å²) in [4.78, 5) is 28.7. The standard InChI is InChI=1S/C19H27FN4O2/c1-21-18(25)17(14-5-2-3-6-14)23-9-11-24(12-10-23)19(26)22-16-8-4-7-15(20)13-16/h4,7-8,13-14,17H,2-3,5-6,9-12H2,1H3,(H,21,25)(H,22,26)/t17-/m0/s1. The summed E-state index contributed by atoms with van der Waals surface area (Å²) in [6.07, 6.45) is 4.57. The van der Waals surface area contributed by atoms with Crippen LogP contribution in [0.5, 0.6) is 0 Å². The minimum atomic E-state index is -0.377. The van der Waals surface area contributed by atoms with Gasteiger partial charge in [-0.2, -0.15) is 0 Å². The van der Waals surface area contributed by atoms with Crippen molar-refractivity contribution in [3.05, 3.63) is 30.1 Å². The number of rotatable bonds is 4. The smallest absolute Gasteiger partial charge is 0.321 e. The molecule has 7 heteroatoms. The van der Waals surface area contributed by atoms with Crippen LogP contribution in [0.1, 0.15) is 25.7 Å². The lowest BCUT2D eigenvalue weighted by atomic mass is 9.95. The first-order valence-electron chi connectivity index (χ1n) is 9.35. The van der Waals surface area contributed by atoms with Crippen LogP contribution in [0.2, 0.25) is 0 Å². The summed E-state index contributed by atoms with van der Waals surface area (Å²) in [5.41, 5.74) is 0.451. The number of amides is 3. The Kier molecular flexibility index (Phi) is 6.08. The van der Waals surface area contributed by atoms with Crippen LogP contribution in [0.4, 0.5) is 14.9 Å². The Hall–Kier alpha value is -2.15. The zero-order chi connectivity index (χ0) is 18.5. The molecule has 2 aliphatic rings. The first-order chi connectivity index (χ1) is 12.6. The summed E-state index contributed by atoms with van der Waals surface area (Å²) in [7, 11) is 1.69. The average Bonchev–Trinajstić information content (AvgIpc) is 3.16. The number of nitrogens with zero attached hydrogens (tertiary/aromatic N) is 2. The maximum absolute atomic E-state index is 13.2. The Morgan fingerprint density at radius 1 is 1.15 bits per heavy atom. The van der Waals surface area contributed by atoms with Crippen LogP contribution in [-0.4, -0.2) is 61.0 Å². The molecule has 1 saturated heterocycles.